The van der Waals surface area contributed by atoms with Crippen LogP contribution in [0.4, 0.5) is 0 Å². The molecular formula is C23H34N4O5S. The van der Waals surface area contributed by atoms with E-state index in [4.69, 9.17) is 15.2 Å². The monoisotopic (exact) mass is 478 g/mol. The SMILES string of the molecule is CC(C)CCCCNC(=O)c1cnc(OCC(O)CNCCOc2ccc(C(N)=O)cc2)s1. The van der Waals surface area contributed by atoms with E-state index in [1.54, 1.807) is 24.3 Å². The first-order valence-corrected chi connectivity index (χ1v) is 11.9. The highest BCUT2D eigenvalue weighted by Gasteiger charge is 2.12. The zero-order valence-corrected chi connectivity index (χ0v) is 20.0. The molecule has 10 heteroatoms. The summed E-state index contributed by atoms with van der Waals surface area (Å²) in [5, 5.41) is 16.4. The van der Waals surface area contributed by atoms with Crippen LogP contribution in [0.1, 0.15) is 53.1 Å². The van der Waals surface area contributed by atoms with Crippen molar-refractivity contribution in [1.29, 1.82) is 0 Å². The van der Waals surface area contributed by atoms with Crippen molar-refractivity contribution in [2.75, 3.05) is 32.8 Å². The van der Waals surface area contributed by atoms with Crippen LogP contribution in [0.15, 0.2) is 30.5 Å². The lowest BCUT2D eigenvalue weighted by Crippen LogP contribution is -2.33. The van der Waals surface area contributed by atoms with Crippen molar-refractivity contribution in [1.82, 2.24) is 15.6 Å². The number of amides is 2. The first-order valence-electron chi connectivity index (χ1n) is 11.1. The number of carbonyl (C=O) groups is 2. The molecule has 2 amide bonds. The summed E-state index contributed by atoms with van der Waals surface area (Å²) in [6.07, 6.45) is 3.96. The maximum Gasteiger partial charge on any atom is 0.273 e. The lowest BCUT2D eigenvalue weighted by Gasteiger charge is -2.12. The number of unbranched alkanes of at least 4 members (excludes halogenated alkanes) is 1. The Morgan fingerprint density at radius 2 is 1.91 bits per heavy atom. The minimum Gasteiger partial charge on any atom is -0.492 e. The Bertz CT molecular complexity index is 857. The average molecular weight is 479 g/mol. The molecule has 33 heavy (non-hydrogen) atoms. The molecule has 2 aromatic rings. The molecule has 5 N–H and O–H groups in total. The predicted octanol–water partition coefficient (Wildman–Crippen LogP) is 2.21. The zero-order valence-electron chi connectivity index (χ0n) is 19.2. The number of carbonyl (C=O) groups excluding carboxylic acids is 2. The van der Waals surface area contributed by atoms with Gasteiger partial charge in [0.1, 0.15) is 29.9 Å². The largest absolute Gasteiger partial charge is 0.492 e. The molecule has 0 aliphatic heterocycles. The fourth-order valence-electron chi connectivity index (χ4n) is 2.85. The number of nitrogens with one attached hydrogen (secondary N) is 2. The van der Waals surface area contributed by atoms with Gasteiger partial charge in [-0.3, -0.25) is 9.59 Å². The van der Waals surface area contributed by atoms with Gasteiger partial charge in [0.25, 0.3) is 11.1 Å². The normalized spacial score (nSPS) is 11.9. The van der Waals surface area contributed by atoms with Crippen molar-refractivity contribution in [3.63, 3.8) is 0 Å². The quantitative estimate of drug-likeness (QED) is 0.272. The second-order valence-electron chi connectivity index (χ2n) is 8.04. The minimum atomic E-state index is -0.734. The molecule has 0 saturated heterocycles. The Morgan fingerprint density at radius 3 is 2.61 bits per heavy atom. The van der Waals surface area contributed by atoms with Crippen LogP contribution in [0, 0.1) is 5.92 Å². The fraction of sp³-hybridized carbons (Fsp3) is 0.522. The van der Waals surface area contributed by atoms with Crippen molar-refractivity contribution in [3.8, 4) is 10.9 Å². The first kappa shape index (κ1) is 26.6. The first-order chi connectivity index (χ1) is 15.8. The molecule has 0 bridgehead atoms. The summed E-state index contributed by atoms with van der Waals surface area (Å²) >= 11 is 1.16. The molecular weight excluding hydrogens is 444 g/mol. The molecule has 1 aromatic carbocycles. The molecule has 1 unspecified atom stereocenters. The number of thiazole rings is 1. The van der Waals surface area contributed by atoms with E-state index in [1.165, 1.54) is 6.20 Å². The second kappa shape index (κ2) is 14.5. The van der Waals surface area contributed by atoms with Gasteiger partial charge in [0, 0.05) is 25.2 Å². The number of aliphatic hydroxyl groups excluding tert-OH is 1. The topological polar surface area (TPSA) is 136 Å². The summed E-state index contributed by atoms with van der Waals surface area (Å²) < 4.78 is 11.0. The Balaban J connectivity index is 1.56. The molecule has 1 atom stereocenters. The average Bonchev–Trinajstić information content (AvgIpc) is 3.26. The summed E-state index contributed by atoms with van der Waals surface area (Å²) in [5.41, 5.74) is 5.62. The third-order valence-corrected chi connectivity index (χ3v) is 5.58. The Kier molecular flexibility index (Phi) is 11.6. The van der Waals surface area contributed by atoms with E-state index >= 15 is 0 Å². The third kappa shape index (κ3) is 10.6. The number of aliphatic hydroxyl groups is 1. The highest BCUT2D eigenvalue weighted by atomic mass is 32.1. The minimum absolute atomic E-state index is 0.0617. The molecule has 0 radical (unpaired) electrons. The molecule has 0 aliphatic carbocycles. The van der Waals surface area contributed by atoms with Crippen molar-refractivity contribution < 1.29 is 24.2 Å². The summed E-state index contributed by atoms with van der Waals surface area (Å²) in [7, 11) is 0. The molecule has 1 aromatic heterocycles. The molecule has 0 aliphatic rings. The molecule has 0 saturated carbocycles. The number of primary amides is 1. The summed E-state index contributed by atoms with van der Waals surface area (Å²) in [4.78, 5) is 27.8. The lowest BCUT2D eigenvalue weighted by atomic mass is 10.1. The van der Waals surface area contributed by atoms with Crippen molar-refractivity contribution in [3.05, 3.63) is 40.9 Å². The number of benzene rings is 1. The smallest absolute Gasteiger partial charge is 0.273 e. The molecule has 2 rings (SSSR count). The standard InChI is InChI=1S/C23H34N4O5S/c1-16(2)5-3-4-10-26-22(30)20-14-27-23(33-20)32-15-18(28)13-25-11-12-31-19-8-6-17(7-9-19)21(24)29/h6-9,14,16,18,25,28H,3-5,10-13,15H2,1-2H3,(H2,24,29)(H,26,30). The molecule has 1 heterocycles. The van der Waals surface area contributed by atoms with Crippen LogP contribution < -0.4 is 25.8 Å². The van der Waals surface area contributed by atoms with Crippen molar-refractivity contribution in [2.45, 2.75) is 39.2 Å². The van der Waals surface area contributed by atoms with Gasteiger partial charge in [0.15, 0.2) is 0 Å². The zero-order chi connectivity index (χ0) is 24.1. The molecule has 9 nitrogen and oxygen atoms in total. The van der Waals surface area contributed by atoms with Crippen molar-refractivity contribution >= 4 is 23.2 Å². The summed E-state index contributed by atoms with van der Waals surface area (Å²) in [6, 6.07) is 6.57. The Morgan fingerprint density at radius 1 is 1.15 bits per heavy atom. The van der Waals surface area contributed by atoms with Crippen LogP contribution in [0.25, 0.3) is 0 Å². The van der Waals surface area contributed by atoms with Gasteiger partial charge in [-0.05, 0) is 36.6 Å². The predicted molar refractivity (Wildman–Crippen MR) is 128 cm³/mol. The van der Waals surface area contributed by atoms with Crippen molar-refractivity contribution in [2.24, 2.45) is 11.7 Å². The number of aromatic nitrogens is 1. The van der Waals surface area contributed by atoms with Gasteiger partial charge < -0.3 is 30.9 Å². The van der Waals surface area contributed by atoms with Crippen LogP contribution in [0.2, 0.25) is 0 Å². The van der Waals surface area contributed by atoms with Crippen LogP contribution in [0.3, 0.4) is 0 Å². The Labute approximate surface area is 198 Å². The molecule has 182 valence electrons. The highest BCUT2D eigenvalue weighted by molar-refractivity contribution is 7.15. The molecule has 0 spiro atoms. The van der Waals surface area contributed by atoms with E-state index < -0.39 is 12.0 Å². The maximum atomic E-state index is 12.2. The number of hydrogen-bond donors (Lipinski definition) is 4. The van der Waals surface area contributed by atoms with E-state index in [0.29, 0.717) is 53.5 Å². The number of rotatable bonds is 16. The van der Waals surface area contributed by atoms with Gasteiger partial charge in [0.2, 0.25) is 5.91 Å². The number of ether oxygens (including phenoxy) is 2. The summed E-state index contributed by atoms with van der Waals surface area (Å²) in [5.74, 6) is 0.668. The van der Waals surface area contributed by atoms with Crippen LogP contribution >= 0.6 is 11.3 Å². The van der Waals surface area contributed by atoms with Crippen LogP contribution in [-0.2, 0) is 0 Å². The number of nitrogens with zero attached hydrogens (tertiary/aromatic N) is 1. The van der Waals surface area contributed by atoms with Gasteiger partial charge in [-0.15, -0.1) is 0 Å². The van der Waals surface area contributed by atoms with Gasteiger partial charge in [-0.25, -0.2) is 4.98 Å². The number of hydrogen-bond acceptors (Lipinski definition) is 8. The lowest BCUT2D eigenvalue weighted by molar-refractivity contribution is 0.0955. The van der Waals surface area contributed by atoms with Gasteiger partial charge in [0.05, 0.1) is 6.20 Å². The van der Waals surface area contributed by atoms with Gasteiger partial charge in [-0.2, -0.15) is 0 Å². The van der Waals surface area contributed by atoms with Gasteiger partial charge in [-0.1, -0.05) is 38.0 Å². The molecule has 0 fully saturated rings. The highest BCUT2D eigenvalue weighted by Crippen LogP contribution is 2.20. The van der Waals surface area contributed by atoms with E-state index in [1.807, 2.05) is 0 Å². The summed E-state index contributed by atoms with van der Waals surface area (Å²) in [6.45, 7) is 6.32. The van der Waals surface area contributed by atoms with E-state index in [-0.39, 0.29) is 12.5 Å². The fourth-order valence-corrected chi connectivity index (χ4v) is 3.54. The van der Waals surface area contributed by atoms with Crippen LogP contribution in [0.5, 0.6) is 10.9 Å². The van der Waals surface area contributed by atoms with Gasteiger partial charge >= 0.3 is 0 Å². The maximum absolute atomic E-state index is 12.2. The third-order valence-electron chi connectivity index (χ3n) is 4.67. The van der Waals surface area contributed by atoms with E-state index in [0.717, 1.165) is 30.6 Å². The second-order valence-corrected chi connectivity index (χ2v) is 9.04. The number of nitrogens with two attached hydrogens (primary N) is 1. The van der Waals surface area contributed by atoms with E-state index in [2.05, 4.69) is 29.5 Å². The van der Waals surface area contributed by atoms with E-state index in [9.17, 15) is 14.7 Å². The van der Waals surface area contributed by atoms with Crippen LogP contribution in [-0.4, -0.2) is 60.9 Å². The Hall–Kier alpha value is -2.69.